The van der Waals surface area contributed by atoms with E-state index in [1.165, 1.54) is 0 Å². The minimum Gasteiger partial charge on any atom is -0.489 e. The molecule has 1 aromatic rings. The molecule has 1 heterocycles. The van der Waals surface area contributed by atoms with Crippen LogP contribution in [-0.4, -0.2) is 27.4 Å². The van der Waals surface area contributed by atoms with E-state index in [0.717, 1.165) is 5.69 Å². The van der Waals surface area contributed by atoms with Crippen molar-refractivity contribution in [2.45, 2.75) is 39.9 Å². The predicted octanol–water partition coefficient (Wildman–Crippen LogP) is 1.67. The lowest BCUT2D eigenvalue weighted by Gasteiger charge is -2.27. The van der Waals surface area contributed by atoms with E-state index < -0.39 is 5.60 Å². The van der Waals surface area contributed by atoms with Crippen molar-refractivity contribution >= 4 is 0 Å². The van der Waals surface area contributed by atoms with E-state index in [1.807, 2.05) is 26.8 Å². The zero-order chi connectivity index (χ0) is 13.1. The molecular formula is C13H21NO3. The topological polar surface area (TPSA) is 62.6 Å². The molecule has 0 fully saturated rings. The molecule has 0 spiro atoms. The highest BCUT2D eigenvalue weighted by molar-refractivity contribution is 5.28. The second kappa shape index (κ2) is 5.47. The molecule has 2 N–H and O–H groups in total. The molecule has 1 aromatic heterocycles. The number of aryl methyl sites for hydroxylation is 1. The maximum Gasteiger partial charge on any atom is 0.143 e. The highest BCUT2D eigenvalue weighted by Gasteiger charge is 2.26. The number of ether oxygens (including phenoxy) is 1. The summed E-state index contributed by atoms with van der Waals surface area (Å²) in [7, 11) is 0. The van der Waals surface area contributed by atoms with Crippen molar-refractivity contribution in [1.29, 1.82) is 0 Å². The Morgan fingerprint density at radius 1 is 1.41 bits per heavy atom. The van der Waals surface area contributed by atoms with Gasteiger partial charge in [-0.3, -0.25) is 4.98 Å². The molecule has 17 heavy (non-hydrogen) atoms. The van der Waals surface area contributed by atoms with Gasteiger partial charge in [0.2, 0.25) is 0 Å². The first-order valence-corrected chi connectivity index (χ1v) is 5.79. The molecule has 0 aliphatic heterocycles. The quantitative estimate of drug-likeness (QED) is 0.820. The van der Waals surface area contributed by atoms with E-state index in [2.05, 4.69) is 4.98 Å². The number of rotatable bonds is 5. The van der Waals surface area contributed by atoms with Crippen molar-refractivity contribution < 1.29 is 14.9 Å². The summed E-state index contributed by atoms with van der Waals surface area (Å²) in [5.74, 6) is 0.623. The number of aliphatic hydroxyl groups excluding tert-OH is 1. The molecule has 0 bridgehead atoms. The lowest BCUT2D eigenvalue weighted by molar-refractivity contribution is -0.0272. The van der Waals surface area contributed by atoms with Gasteiger partial charge >= 0.3 is 0 Å². The highest BCUT2D eigenvalue weighted by atomic mass is 16.5. The summed E-state index contributed by atoms with van der Waals surface area (Å²) < 4.78 is 5.54. The first kappa shape index (κ1) is 13.9. The Hall–Kier alpha value is -1.13. The minimum atomic E-state index is -0.891. The Morgan fingerprint density at radius 3 is 2.59 bits per heavy atom. The predicted molar refractivity (Wildman–Crippen MR) is 65.9 cm³/mol. The van der Waals surface area contributed by atoms with Crippen LogP contribution in [0.5, 0.6) is 5.75 Å². The average molecular weight is 239 g/mol. The summed E-state index contributed by atoms with van der Waals surface area (Å²) in [6, 6.07) is 3.59. The summed E-state index contributed by atoms with van der Waals surface area (Å²) in [4.78, 5) is 4.18. The molecule has 0 saturated carbocycles. The van der Waals surface area contributed by atoms with Crippen molar-refractivity contribution in [3.63, 3.8) is 0 Å². The number of hydrogen-bond acceptors (Lipinski definition) is 4. The fraction of sp³-hybridized carbons (Fsp3) is 0.615. The lowest BCUT2D eigenvalue weighted by Crippen LogP contribution is -2.38. The normalized spacial score (nSPS) is 14.8. The van der Waals surface area contributed by atoms with Crippen LogP contribution in [0.25, 0.3) is 0 Å². The standard InChI is InChI=1S/C13H21NO3/c1-9(2)13(4,16)8-17-12-6-5-10(3)14-11(12)7-15/h5-6,9,15-16H,7-8H2,1-4H3. The monoisotopic (exact) mass is 239 g/mol. The fourth-order valence-electron chi connectivity index (χ4n) is 1.23. The Kier molecular flexibility index (Phi) is 4.48. The van der Waals surface area contributed by atoms with E-state index in [-0.39, 0.29) is 19.1 Å². The van der Waals surface area contributed by atoms with Gasteiger partial charge in [-0.15, -0.1) is 0 Å². The van der Waals surface area contributed by atoms with E-state index in [1.54, 1.807) is 13.0 Å². The van der Waals surface area contributed by atoms with E-state index in [4.69, 9.17) is 4.74 Å². The van der Waals surface area contributed by atoms with Crippen molar-refractivity contribution in [2.24, 2.45) is 5.92 Å². The second-order valence-electron chi connectivity index (χ2n) is 4.86. The summed E-state index contributed by atoms with van der Waals surface area (Å²) in [5.41, 5.74) is 0.444. The van der Waals surface area contributed by atoms with Crippen LogP contribution >= 0.6 is 0 Å². The molecule has 0 saturated heterocycles. The molecule has 4 heteroatoms. The van der Waals surface area contributed by atoms with Gasteiger partial charge in [0.25, 0.3) is 0 Å². The number of aliphatic hydroxyl groups is 2. The van der Waals surface area contributed by atoms with Crippen LogP contribution in [0.1, 0.15) is 32.2 Å². The zero-order valence-electron chi connectivity index (χ0n) is 10.9. The fourth-order valence-corrected chi connectivity index (χ4v) is 1.23. The van der Waals surface area contributed by atoms with Crippen LogP contribution in [0.3, 0.4) is 0 Å². The molecule has 96 valence electrons. The largest absolute Gasteiger partial charge is 0.489 e. The Bertz CT molecular complexity index is 375. The molecule has 0 radical (unpaired) electrons. The molecule has 0 aliphatic carbocycles. The number of aromatic nitrogens is 1. The van der Waals surface area contributed by atoms with Crippen molar-refractivity contribution in [2.75, 3.05) is 6.61 Å². The van der Waals surface area contributed by atoms with Gasteiger partial charge in [-0.2, -0.15) is 0 Å². The Labute approximate surface area is 102 Å². The Morgan fingerprint density at radius 2 is 2.06 bits per heavy atom. The maximum absolute atomic E-state index is 10.1. The van der Waals surface area contributed by atoms with Gasteiger partial charge in [0.05, 0.1) is 12.2 Å². The van der Waals surface area contributed by atoms with E-state index >= 15 is 0 Å². The van der Waals surface area contributed by atoms with Crippen LogP contribution in [0.2, 0.25) is 0 Å². The van der Waals surface area contributed by atoms with Crippen LogP contribution in [0.4, 0.5) is 0 Å². The van der Waals surface area contributed by atoms with Crippen molar-refractivity contribution in [1.82, 2.24) is 4.98 Å². The number of pyridine rings is 1. The van der Waals surface area contributed by atoms with Crippen LogP contribution in [0.15, 0.2) is 12.1 Å². The molecular weight excluding hydrogens is 218 g/mol. The van der Waals surface area contributed by atoms with Crippen molar-refractivity contribution in [3.05, 3.63) is 23.5 Å². The van der Waals surface area contributed by atoms with E-state index in [9.17, 15) is 10.2 Å². The van der Waals surface area contributed by atoms with Gasteiger partial charge in [-0.05, 0) is 31.9 Å². The number of nitrogens with zero attached hydrogens (tertiary/aromatic N) is 1. The molecule has 0 amide bonds. The Balaban J connectivity index is 2.76. The van der Waals surface area contributed by atoms with Crippen LogP contribution < -0.4 is 4.74 Å². The third-order valence-electron chi connectivity index (χ3n) is 2.99. The molecule has 1 rings (SSSR count). The summed E-state index contributed by atoms with van der Waals surface area (Å²) >= 11 is 0. The second-order valence-corrected chi connectivity index (χ2v) is 4.86. The molecule has 1 atom stereocenters. The smallest absolute Gasteiger partial charge is 0.143 e. The first-order chi connectivity index (χ1) is 7.86. The molecule has 0 aliphatic rings. The minimum absolute atomic E-state index is 0.0958. The third kappa shape index (κ3) is 3.68. The van der Waals surface area contributed by atoms with Gasteiger partial charge in [0.15, 0.2) is 0 Å². The highest BCUT2D eigenvalue weighted by Crippen LogP contribution is 2.21. The summed E-state index contributed by atoms with van der Waals surface area (Å²) in [5, 5.41) is 19.2. The zero-order valence-corrected chi connectivity index (χ0v) is 10.9. The van der Waals surface area contributed by atoms with Gasteiger partial charge in [-0.25, -0.2) is 0 Å². The third-order valence-corrected chi connectivity index (χ3v) is 2.99. The van der Waals surface area contributed by atoms with Crippen LogP contribution in [-0.2, 0) is 6.61 Å². The number of hydrogen-bond donors (Lipinski definition) is 2. The average Bonchev–Trinajstić information content (AvgIpc) is 2.27. The van der Waals surface area contributed by atoms with E-state index in [0.29, 0.717) is 11.4 Å². The first-order valence-electron chi connectivity index (χ1n) is 5.79. The van der Waals surface area contributed by atoms with Gasteiger partial charge < -0.3 is 14.9 Å². The molecule has 0 aromatic carbocycles. The van der Waals surface area contributed by atoms with Crippen molar-refractivity contribution in [3.8, 4) is 5.75 Å². The summed E-state index contributed by atoms with van der Waals surface area (Å²) in [6.07, 6.45) is 0. The molecule has 4 nitrogen and oxygen atoms in total. The SMILES string of the molecule is Cc1ccc(OCC(C)(O)C(C)C)c(CO)n1. The van der Waals surface area contributed by atoms with Gasteiger partial charge in [-0.1, -0.05) is 13.8 Å². The maximum atomic E-state index is 10.1. The summed E-state index contributed by atoms with van der Waals surface area (Å²) in [6.45, 7) is 7.47. The van der Waals surface area contributed by atoms with Crippen LogP contribution in [0, 0.1) is 12.8 Å². The lowest BCUT2D eigenvalue weighted by atomic mass is 9.94. The molecule has 1 unspecified atom stereocenters. The van der Waals surface area contributed by atoms with Gasteiger partial charge in [0.1, 0.15) is 18.1 Å². The van der Waals surface area contributed by atoms with Gasteiger partial charge in [0, 0.05) is 5.69 Å².